The minimum atomic E-state index is -2.45. The zero-order valence-electron chi connectivity index (χ0n) is 8.82. The molecule has 1 aromatic carbocycles. The van der Waals surface area contributed by atoms with Crippen LogP contribution < -0.4 is 0 Å². The highest BCUT2D eigenvalue weighted by molar-refractivity contribution is 7.99. The van der Waals surface area contributed by atoms with Crippen LogP contribution in [0.25, 0.3) is 0 Å². The zero-order chi connectivity index (χ0) is 12.5. The first-order valence-electron chi connectivity index (χ1n) is 5.04. The molecule has 5 heteroatoms. The van der Waals surface area contributed by atoms with Gasteiger partial charge in [0.1, 0.15) is 5.78 Å². The average molecular weight is 253 g/mol. The predicted molar refractivity (Wildman–Crippen MR) is 59.8 cm³/mol. The Morgan fingerprint density at radius 3 is 2.29 bits per heavy atom. The van der Waals surface area contributed by atoms with E-state index in [1.54, 1.807) is 24.3 Å². The minimum absolute atomic E-state index is 0.0672. The van der Waals surface area contributed by atoms with Crippen molar-refractivity contribution in [3.63, 3.8) is 0 Å². The van der Waals surface area contributed by atoms with Crippen molar-refractivity contribution in [2.45, 2.75) is 28.9 Å². The van der Waals surface area contributed by atoms with Crippen molar-refractivity contribution >= 4 is 17.5 Å². The van der Waals surface area contributed by atoms with E-state index in [-0.39, 0.29) is 18.6 Å². The van der Waals surface area contributed by atoms with Crippen molar-refractivity contribution in [3.05, 3.63) is 29.8 Å². The van der Waals surface area contributed by atoms with E-state index in [9.17, 15) is 13.6 Å². The Kier molecular flexibility index (Phi) is 3.16. The van der Waals surface area contributed by atoms with Gasteiger partial charge in [0.2, 0.25) is 0 Å². The van der Waals surface area contributed by atoms with Crippen molar-refractivity contribution in [1.29, 1.82) is 5.26 Å². The highest BCUT2D eigenvalue weighted by Gasteiger charge is 2.45. The molecule has 0 aliphatic heterocycles. The maximum atomic E-state index is 12.1. The van der Waals surface area contributed by atoms with Crippen LogP contribution in [0.3, 0.4) is 0 Å². The summed E-state index contributed by atoms with van der Waals surface area (Å²) < 4.78 is 24.2. The summed E-state index contributed by atoms with van der Waals surface area (Å²) in [7, 11) is 0. The molecule has 1 fully saturated rings. The molecule has 1 aliphatic carbocycles. The number of hydrogen-bond acceptors (Lipinski definition) is 3. The monoisotopic (exact) mass is 253 g/mol. The van der Waals surface area contributed by atoms with E-state index < -0.39 is 11.2 Å². The molecule has 88 valence electrons. The van der Waals surface area contributed by atoms with Gasteiger partial charge in [-0.25, -0.2) is 0 Å². The lowest BCUT2D eigenvalue weighted by molar-refractivity contribution is -0.126. The number of hydrogen-bond donors (Lipinski definition) is 0. The fraction of sp³-hybridized carbons (Fsp3) is 0.333. The van der Waals surface area contributed by atoms with Gasteiger partial charge >= 0.3 is 0 Å². The second kappa shape index (κ2) is 4.46. The van der Waals surface area contributed by atoms with Gasteiger partial charge in [0.05, 0.1) is 11.5 Å². The number of ketones is 1. The lowest BCUT2D eigenvalue weighted by Gasteiger charge is -2.34. The fourth-order valence-electron chi connectivity index (χ4n) is 1.92. The van der Waals surface area contributed by atoms with E-state index >= 15 is 0 Å². The summed E-state index contributed by atoms with van der Waals surface area (Å²) in [6.07, 6.45) is 0.454. The molecule has 1 saturated carbocycles. The summed E-state index contributed by atoms with van der Waals surface area (Å²) in [5.41, 5.74) is 0.00342. The first kappa shape index (κ1) is 12.1. The molecule has 0 spiro atoms. The van der Waals surface area contributed by atoms with Crippen LogP contribution in [0.15, 0.2) is 29.2 Å². The van der Waals surface area contributed by atoms with Crippen LogP contribution in [-0.2, 0) is 10.2 Å². The molecule has 2 rings (SSSR count). The standard InChI is InChI=1S/C12H9F2NOS/c13-11(14)17-10-3-1-8(2-4-10)12(7-15)5-9(16)6-12/h1-4,11H,5-6H2. The third kappa shape index (κ3) is 2.32. The topological polar surface area (TPSA) is 40.9 Å². The molecule has 0 heterocycles. The number of benzene rings is 1. The van der Waals surface area contributed by atoms with E-state index in [2.05, 4.69) is 6.07 Å². The van der Waals surface area contributed by atoms with E-state index in [0.29, 0.717) is 16.7 Å². The normalized spacial score (nSPS) is 17.6. The smallest absolute Gasteiger partial charge is 0.288 e. The summed E-state index contributed by atoms with van der Waals surface area (Å²) in [5.74, 6) is -2.38. The summed E-state index contributed by atoms with van der Waals surface area (Å²) >= 11 is 0.468. The second-order valence-electron chi connectivity index (χ2n) is 3.99. The van der Waals surface area contributed by atoms with Gasteiger partial charge in [-0.3, -0.25) is 4.79 Å². The lowest BCUT2D eigenvalue weighted by Crippen LogP contribution is -2.40. The molecule has 0 saturated heterocycles. The molecular formula is C12H9F2NOS. The Labute approximate surface area is 102 Å². The van der Waals surface area contributed by atoms with Crippen LogP contribution in [0.4, 0.5) is 8.78 Å². The average Bonchev–Trinajstić information content (AvgIpc) is 2.25. The molecule has 0 amide bonds. The molecule has 2 nitrogen and oxygen atoms in total. The Bertz CT molecular complexity index is 470. The highest BCUT2D eigenvalue weighted by Crippen LogP contribution is 2.41. The number of halogens is 2. The number of nitrogens with zero attached hydrogens (tertiary/aromatic N) is 1. The summed E-state index contributed by atoms with van der Waals surface area (Å²) in [6.45, 7) is 0. The molecule has 1 aliphatic rings. The third-order valence-corrected chi connectivity index (χ3v) is 3.57. The number of nitriles is 1. The Morgan fingerprint density at radius 1 is 1.29 bits per heavy atom. The molecule has 0 bridgehead atoms. The molecule has 0 aromatic heterocycles. The van der Waals surface area contributed by atoms with Gasteiger partial charge in [-0.15, -0.1) is 0 Å². The van der Waals surface area contributed by atoms with Crippen molar-refractivity contribution in [3.8, 4) is 6.07 Å². The minimum Gasteiger partial charge on any atom is -0.300 e. The number of rotatable bonds is 3. The molecule has 17 heavy (non-hydrogen) atoms. The van der Waals surface area contributed by atoms with Gasteiger partial charge in [0.15, 0.2) is 0 Å². The van der Waals surface area contributed by atoms with Gasteiger partial charge in [0, 0.05) is 17.7 Å². The van der Waals surface area contributed by atoms with Gasteiger partial charge < -0.3 is 0 Å². The Morgan fingerprint density at radius 2 is 1.88 bits per heavy atom. The highest BCUT2D eigenvalue weighted by atomic mass is 32.2. The molecule has 0 atom stereocenters. The first-order chi connectivity index (χ1) is 8.05. The van der Waals surface area contributed by atoms with Gasteiger partial charge in [-0.1, -0.05) is 23.9 Å². The zero-order valence-corrected chi connectivity index (χ0v) is 9.64. The van der Waals surface area contributed by atoms with Crippen LogP contribution >= 0.6 is 11.8 Å². The number of carbonyl (C=O) groups excluding carboxylic acids is 1. The van der Waals surface area contributed by atoms with Crippen LogP contribution in [0.2, 0.25) is 0 Å². The first-order valence-corrected chi connectivity index (χ1v) is 5.92. The molecule has 0 radical (unpaired) electrons. The van der Waals surface area contributed by atoms with E-state index in [0.717, 1.165) is 5.56 Å². The van der Waals surface area contributed by atoms with Gasteiger partial charge in [-0.05, 0) is 17.7 Å². The Balaban J connectivity index is 2.18. The van der Waals surface area contributed by atoms with Crippen LogP contribution in [0, 0.1) is 11.3 Å². The van der Waals surface area contributed by atoms with Crippen LogP contribution in [-0.4, -0.2) is 11.5 Å². The van der Waals surface area contributed by atoms with Gasteiger partial charge in [-0.2, -0.15) is 14.0 Å². The predicted octanol–water partition coefficient (Wildman–Crippen LogP) is 3.13. The number of Topliss-reactive ketones (excluding diaryl/α,β-unsaturated/α-hetero) is 1. The summed E-state index contributed by atoms with van der Waals surface area (Å²) in [4.78, 5) is 11.5. The second-order valence-corrected chi connectivity index (χ2v) is 5.05. The van der Waals surface area contributed by atoms with Crippen molar-refractivity contribution < 1.29 is 13.6 Å². The van der Waals surface area contributed by atoms with Crippen LogP contribution in [0.1, 0.15) is 18.4 Å². The largest absolute Gasteiger partial charge is 0.300 e. The van der Waals surface area contributed by atoms with Crippen molar-refractivity contribution in [1.82, 2.24) is 0 Å². The number of thioether (sulfide) groups is 1. The fourth-order valence-corrected chi connectivity index (χ4v) is 2.42. The molecular weight excluding hydrogens is 244 g/mol. The van der Waals surface area contributed by atoms with Crippen molar-refractivity contribution in [2.75, 3.05) is 0 Å². The molecule has 0 N–H and O–H groups in total. The SMILES string of the molecule is N#CC1(c2ccc(SC(F)F)cc2)CC(=O)C1. The Hall–Kier alpha value is -1.41. The third-order valence-electron chi connectivity index (χ3n) is 2.84. The lowest BCUT2D eigenvalue weighted by atomic mass is 9.65. The molecule has 1 aromatic rings. The van der Waals surface area contributed by atoms with E-state index in [1.165, 1.54) is 0 Å². The molecule has 0 unspecified atom stereocenters. The maximum absolute atomic E-state index is 12.1. The van der Waals surface area contributed by atoms with Crippen molar-refractivity contribution in [2.24, 2.45) is 0 Å². The summed E-state index contributed by atoms with van der Waals surface area (Å²) in [6, 6.07) is 8.58. The summed E-state index contributed by atoms with van der Waals surface area (Å²) in [5, 5.41) is 9.10. The quantitative estimate of drug-likeness (QED) is 0.777. The van der Waals surface area contributed by atoms with Crippen LogP contribution in [0.5, 0.6) is 0 Å². The number of carbonyl (C=O) groups is 1. The van der Waals surface area contributed by atoms with E-state index in [4.69, 9.17) is 5.26 Å². The van der Waals surface area contributed by atoms with E-state index in [1.807, 2.05) is 0 Å². The number of alkyl halides is 2. The maximum Gasteiger partial charge on any atom is 0.288 e. The van der Waals surface area contributed by atoms with Gasteiger partial charge in [0.25, 0.3) is 5.76 Å².